The summed E-state index contributed by atoms with van der Waals surface area (Å²) in [4.78, 5) is 2.57. The minimum absolute atomic E-state index is 0.0293. The Kier molecular flexibility index (Phi) is 4.17. The summed E-state index contributed by atoms with van der Waals surface area (Å²) in [5.74, 6) is 0.355. The first-order valence-corrected chi connectivity index (χ1v) is 10.8. The standard InChI is InChI=1S/C28H29N/c1-5-28-18-22-14-16-23(17-15-22)20(3)27(21(28)4)29(25-12-8-6-10-19(25)2)26-13-9-7-11-24(26)28/h6-17,20,27H,4-5,18H2,1-3H3/t20-,27?,28?/m0/s1. The zero-order valence-corrected chi connectivity index (χ0v) is 17.7. The van der Waals surface area contributed by atoms with Crippen molar-refractivity contribution in [2.75, 3.05) is 4.90 Å². The first-order chi connectivity index (χ1) is 14.1. The summed E-state index contributed by atoms with van der Waals surface area (Å²) in [6.45, 7) is 11.7. The Hall–Kier alpha value is -2.80. The third-order valence-electron chi connectivity index (χ3n) is 7.39. The van der Waals surface area contributed by atoms with E-state index in [0.29, 0.717) is 5.92 Å². The monoisotopic (exact) mass is 379 g/mol. The average molecular weight is 380 g/mol. The van der Waals surface area contributed by atoms with Gasteiger partial charge in [-0.1, -0.05) is 81.1 Å². The number of para-hydroxylation sites is 2. The fraction of sp³-hybridized carbons (Fsp3) is 0.286. The highest BCUT2D eigenvalue weighted by atomic mass is 15.2. The summed E-state index contributed by atoms with van der Waals surface area (Å²) < 4.78 is 0. The van der Waals surface area contributed by atoms with Gasteiger partial charge in [0, 0.05) is 22.7 Å². The van der Waals surface area contributed by atoms with Crippen LogP contribution in [0.5, 0.6) is 0 Å². The maximum absolute atomic E-state index is 4.81. The summed E-state index contributed by atoms with van der Waals surface area (Å²) in [5.41, 5.74) is 9.49. The molecule has 1 nitrogen and oxygen atoms in total. The molecule has 6 rings (SSSR count). The van der Waals surface area contributed by atoms with Gasteiger partial charge in [-0.05, 0) is 59.7 Å². The van der Waals surface area contributed by atoms with Crippen LogP contribution in [0.2, 0.25) is 0 Å². The van der Waals surface area contributed by atoms with Gasteiger partial charge in [-0.25, -0.2) is 0 Å². The lowest BCUT2D eigenvalue weighted by Gasteiger charge is -2.52. The normalized spacial score (nSPS) is 25.2. The molecule has 3 atom stereocenters. The highest BCUT2D eigenvalue weighted by molar-refractivity contribution is 5.77. The molecule has 1 aliphatic heterocycles. The van der Waals surface area contributed by atoms with Crippen LogP contribution in [0.4, 0.5) is 11.4 Å². The number of nitrogens with zero attached hydrogens (tertiary/aromatic N) is 1. The van der Waals surface area contributed by atoms with Gasteiger partial charge in [0.15, 0.2) is 0 Å². The zero-order valence-electron chi connectivity index (χ0n) is 17.7. The molecule has 0 amide bonds. The lowest BCUT2D eigenvalue weighted by Crippen LogP contribution is -2.50. The van der Waals surface area contributed by atoms with Gasteiger partial charge in [0.2, 0.25) is 0 Å². The molecule has 3 aromatic rings. The Bertz CT molecular complexity index is 1080. The van der Waals surface area contributed by atoms with Crippen molar-refractivity contribution >= 4 is 11.4 Å². The van der Waals surface area contributed by atoms with Crippen LogP contribution in [0.3, 0.4) is 0 Å². The van der Waals surface area contributed by atoms with Crippen molar-refractivity contribution < 1.29 is 0 Å². The highest BCUT2D eigenvalue weighted by Crippen LogP contribution is 2.55. The van der Waals surface area contributed by atoms with Crippen LogP contribution in [0, 0.1) is 6.92 Å². The van der Waals surface area contributed by atoms with Crippen molar-refractivity contribution in [1.29, 1.82) is 0 Å². The molecule has 4 bridgehead atoms. The molecular formula is C28H29N. The Balaban J connectivity index is 1.86. The summed E-state index contributed by atoms with van der Waals surface area (Å²) in [6.07, 6.45) is 2.08. The Morgan fingerprint density at radius 2 is 1.59 bits per heavy atom. The maximum atomic E-state index is 4.81. The van der Waals surface area contributed by atoms with E-state index in [2.05, 4.69) is 98.5 Å². The second kappa shape index (κ2) is 6.62. The highest BCUT2D eigenvalue weighted by Gasteiger charge is 2.48. The van der Waals surface area contributed by atoms with Crippen LogP contribution in [0.1, 0.15) is 48.4 Å². The van der Waals surface area contributed by atoms with Crippen LogP contribution < -0.4 is 4.90 Å². The van der Waals surface area contributed by atoms with E-state index in [0.717, 1.165) is 12.8 Å². The predicted octanol–water partition coefficient (Wildman–Crippen LogP) is 7.08. The van der Waals surface area contributed by atoms with E-state index in [1.165, 1.54) is 39.2 Å². The summed E-state index contributed by atoms with van der Waals surface area (Å²) in [5, 5.41) is 0. The van der Waals surface area contributed by atoms with E-state index in [1.54, 1.807) is 0 Å². The SMILES string of the molecule is C=C1C2[C@@H](C)c3ccc(cc3)CC1(CC)c1ccccc1N2c1ccccc1C. The van der Waals surface area contributed by atoms with Gasteiger partial charge in [0.25, 0.3) is 0 Å². The summed E-state index contributed by atoms with van der Waals surface area (Å²) >= 11 is 0. The van der Waals surface area contributed by atoms with Crippen molar-refractivity contribution in [3.05, 3.63) is 107 Å². The van der Waals surface area contributed by atoms with E-state index in [-0.39, 0.29) is 11.5 Å². The largest absolute Gasteiger partial charge is 0.333 e. The van der Waals surface area contributed by atoms with Crippen LogP contribution >= 0.6 is 0 Å². The molecule has 0 saturated carbocycles. The van der Waals surface area contributed by atoms with Gasteiger partial charge in [0.05, 0.1) is 6.04 Å². The van der Waals surface area contributed by atoms with E-state index in [9.17, 15) is 0 Å². The number of anilines is 2. The molecule has 0 saturated heterocycles. The van der Waals surface area contributed by atoms with Gasteiger partial charge < -0.3 is 4.90 Å². The number of hydrogen-bond acceptors (Lipinski definition) is 1. The summed E-state index contributed by atoms with van der Waals surface area (Å²) in [7, 11) is 0. The number of hydrogen-bond donors (Lipinski definition) is 0. The Morgan fingerprint density at radius 1 is 0.931 bits per heavy atom. The fourth-order valence-corrected chi connectivity index (χ4v) is 5.71. The minimum atomic E-state index is -0.0293. The van der Waals surface area contributed by atoms with E-state index in [4.69, 9.17) is 6.58 Å². The molecule has 1 heterocycles. The van der Waals surface area contributed by atoms with E-state index < -0.39 is 0 Å². The molecule has 146 valence electrons. The van der Waals surface area contributed by atoms with Gasteiger partial charge >= 0.3 is 0 Å². The summed E-state index contributed by atoms with van der Waals surface area (Å²) in [6, 6.07) is 27.4. The Labute approximate surface area is 174 Å². The molecule has 3 aliphatic rings. The van der Waals surface area contributed by atoms with Crippen molar-refractivity contribution in [3.63, 3.8) is 0 Å². The molecule has 0 spiro atoms. The average Bonchev–Trinajstić information content (AvgIpc) is 2.80. The van der Waals surface area contributed by atoms with Crippen molar-refractivity contribution in [2.24, 2.45) is 0 Å². The van der Waals surface area contributed by atoms with Gasteiger partial charge in [-0.2, -0.15) is 0 Å². The smallest absolute Gasteiger partial charge is 0.0623 e. The fourth-order valence-electron chi connectivity index (χ4n) is 5.71. The number of benzene rings is 3. The molecule has 2 unspecified atom stereocenters. The second-order valence-corrected chi connectivity index (χ2v) is 8.79. The number of fused-ring (bicyclic) bond motifs is 3. The molecule has 3 aromatic carbocycles. The van der Waals surface area contributed by atoms with Crippen LogP contribution in [-0.2, 0) is 11.8 Å². The maximum Gasteiger partial charge on any atom is 0.0623 e. The Morgan fingerprint density at radius 3 is 2.28 bits per heavy atom. The third-order valence-corrected chi connectivity index (χ3v) is 7.39. The zero-order chi connectivity index (χ0) is 20.2. The lowest BCUT2D eigenvalue weighted by atomic mass is 9.62. The molecule has 2 aliphatic carbocycles. The lowest BCUT2D eigenvalue weighted by molar-refractivity contribution is 0.415. The molecule has 0 radical (unpaired) electrons. The van der Waals surface area contributed by atoms with Gasteiger partial charge in [-0.3, -0.25) is 0 Å². The number of aryl methyl sites for hydroxylation is 1. The van der Waals surface area contributed by atoms with Crippen molar-refractivity contribution in [1.82, 2.24) is 0 Å². The molecule has 0 N–H and O–H groups in total. The molecule has 1 heteroatoms. The first kappa shape index (κ1) is 18.2. The van der Waals surface area contributed by atoms with Gasteiger partial charge in [-0.15, -0.1) is 0 Å². The van der Waals surface area contributed by atoms with Crippen LogP contribution in [-0.4, -0.2) is 6.04 Å². The minimum Gasteiger partial charge on any atom is -0.333 e. The topological polar surface area (TPSA) is 3.24 Å². The molecule has 0 aromatic heterocycles. The van der Waals surface area contributed by atoms with E-state index >= 15 is 0 Å². The van der Waals surface area contributed by atoms with Gasteiger partial charge in [0.1, 0.15) is 0 Å². The van der Waals surface area contributed by atoms with E-state index in [1.807, 2.05) is 0 Å². The van der Waals surface area contributed by atoms with Crippen LogP contribution in [0.15, 0.2) is 84.9 Å². The molecule has 29 heavy (non-hydrogen) atoms. The first-order valence-electron chi connectivity index (χ1n) is 10.8. The van der Waals surface area contributed by atoms with Crippen molar-refractivity contribution in [3.8, 4) is 0 Å². The number of rotatable bonds is 2. The quantitative estimate of drug-likeness (QED) is 0.430. The predicted molar refractivity (Wildman–Crippen MR) is 123 cm³/mol. The second-order valence-electron chi connectivity index (χ2n) is 8.79. The third kappa shape index (κ3) is 2.53. The molecular weight excluding hydrogens is 350 g/mol. The van der Waals surface area contributed by atoms with Crippen LogP contribution in [0.25, 0.3) is 0 Å². The molecule has 0 fully saturated rings. The van der Waals surface area contributed by atoms with Crippen molar-refractivity contribution in [2.45, 2.75) is 51.0 Å².